The Morgan fingerprint density at radius 2 is 1.72 bits per heavy atom. The minimum Gasteiger partial charge on any atom is -0.468 e. The summed E-state index contributed by atoms with van der Waals surface area (Å²) >= 11 is 1.33. The standard InChI is InChI=1S/C23H20N2O3S/c1-24(2)17-10-6-11-18(14-17)25-22(26)20(16-8-4-3-5-9-16)21(23(25)27)29-15-19-12-7-13-28-19/h3-14H,15H2,1-2H3. The van der Waals surface area contributed by atoms with E-state index in [1.165, 1.54) is 16.7 Å². The summed E-state index contributed by atoms with van der Waals surface area (Å²) in [5, 5.41) is 0. The highest BCUT2D eigenvalue weighted by molar-refractivity contribution is 8.03. The van der Waals surface area contributed by atoms with E-state index in [1.807, 2.05) is 79.7 Å². The van der Waals surface area contributed by atoms with Gasteiger partial charge in [0.15, 0.2) is 0 Å². The molecule has 0 aliphatic carbocycles. The zero-order chi connectivity index (χ0) is 20.4. The van der Waals surface area contributed by atoms with Crippen LogP contribution in [0.25, 0.3) is 5.57 Å². The van der Waals surface area contributed by atoms with Crippen molar-refractivity contribution >= 4 is 40.5 Å². The van der Waals surface area contributed by atoms with Crippen LogP contribution < -0.4 is 9.80 Å². The van der Waals surface area contributed by atoms with Gasteiger partial charge in [0.1, 0.15) is 5.76 Å². The van der Waals surface area contributed by atoms with Gasteiger partial charge in [0.05, 0.1) is 28.2 Å². The first kappa shape index (κ1) is 19.1. The molecular formula is C23H20N2O3S. The van der Waals surface area contributed by atoms with Gasteiger partial charge >= 0.3 is 0 Å². The number of nitrogens with zero attached hydrogens (tertiary/aromatic N) is 2. The van der Waals surface area contributed by atoms with Crippen molar-refractivity contribution in [2.75, 3.05) is 23.9 Å². The van der Waals surface area contributed by atoms with Gasteiger partial charge in [-0.1, -0.05) is 36.4 Å². The zero-order valence-corrected chi connectivity index (χ0v) is 17.0. The Labute approximate surface area is 173 Å². The summed E-state index contributed by atoms with van der Waals surface area (Å²) in [5.41, 5.74) is 2.65. The van der Waals surface area contributed by atoms with Crippen LogP contribution in [0.4, 0.5) is 11.4 Å². The molecule has 5 nitrogen and oxygen atoms in total. The van der Waals surface area contributed by atoms with E-state index in [1.54, 1.807) is 12.3 Å². The third-order valence-electron chi connectivity index (χ3n) is 4.65. The van der Waals surface area contributed by atoms with Gasteiger partial charge in [-0.25, -0.2) is 4.90 Å². The Hall–Kier alpha value is -3.25. The zero-order valence-electron chi connectivity index (χ0n) is 16.2. The summed E-state index contributed by atoms with van der Waals surface area (Å²) in [5.74, 6) is 0.618. The number of benzene rings is 2. The second-order valence-corrected chi connectivity index (χ2v) is 7.78. The van der Waals surface area contributed by atoms with E-state index < -0.39 is 0 Å². The van der Waals surface area contributed by atoms with Crippen LogP contribution in [0.1, 0.15) is 11.3 Å². The molecule has 0 radical (unpaired) electrons. The number of carbonyl (C=O) groups is 2. The van der Waals surface area contributed by atoms with E-state index in [4.69, 9.17) is 4.42 Å². The summed E-state index contributed by atoms with van der Waals surface area (Å²) in [6.45, 7) is 0. The molecule has 2 aromatic carbocycles. The van der Waals surface area contributed by atoms with Crippen LogP contribution in [0.3, 0.4) is 0 Å². The number of hydrogen-bond acceptors (Lipinski definition) is 5. The summed E-state index contributed by atoms with van der Waals surface area (Å²) < 4.78 is 5.39. The van der Waals surface area contributed by atoms with Gasteiger partial charge in [-0.2, -0.15) is 0 Å². The van der Waals surface area contributed by atoms with Gasteiger partial charge in [-0.15, -0.1) is 11.8 Å². The molecule has 0 saturated carbocycles. The number of rotatable bonds is 6. The lowest BCUT2D eigenvalue weighted by atomic mass is 10.1. The predicted molar refractivity (Wildman–Crippen MR) is 117 cm³/mol. The molecule has 2 heterocycles. The van der Waals surface area contributed by atoms with E-state index in [9.17, 15) is 9.59 Å². The van der Waals surface area contributed by atoms with Crippen LogP contribution in [-0.4, -0.2) is 25.9 Å². The van der Waals surface area contributed by atoms with Crippen molar-refractivity contribution in [2.45, 2.75) is 5.75 Å². The van der Waals surface area contributed by atoms with Crippen molar-refractivity contribution < 1.29 is 14.0 Å². The number of hydrogen-bond donors (Lipinski definition) is 0. The lowest BCUT2D eigenvalue weighted by molar-refractivity contribution is -0.119. The molecule has 0 unspecified atom stereocenters. The third kappa shape index (κ3) is 3.71. The Kier molecular flexibility index (Phi) is 5.27. The number of anilines is 2. The first-order valence-electron chi connectivity index (χ1n) is 9.17. The first-order chi connectivity index (χ1) is 14.1. The Bertz CT molecular complexity index is 1070. The molecular weight excluding hydrogens is 384 g/mol. The van der Waals surface area contributed by atoms with Crippen molar-refractivity contribution in [1.82, 2.24) is 0 Å². The minimum atomic E-state index is -0.306. The molecule has 6 heteroatoms. The van der Waals surface area contributed by atoms with E-state index in [2.05, 4.69) is 0 Å². The number of amides is 2. The Balaban J connectivity index is 1.74. The lowest BCUT2D eigenvalue weighted by Crippen LogP contribution is -2.31. The average Bonchev–Trinajstić information content (AvgIpc) is 3.33. The van der Waals surface area contributed by atoms with Crippen molar-refractivity contribution in [3.05, 3.63) is 89.2 Å². The maximum absolute atomic E-state index is 13.4. The molecule has 3 aromatic rings. The molecule has 1 aromatic heterocycles. The number of carbonyl (C=O) groups excluding carboxylic acids is 2. The van der Waals surface area contributed by atoms with Gasteiger partial charge in [0.25, 0.3) is 11.8 Å². The molecule has 1 aliphatic rings. The molecule has 4 rings (SSSR count). The summed E-state index contributed by atoms with van der Waals surface area (Å²) in [6.07, 6.45) is 1.60. The van der Waals surface area contributed by atoms with Crippen LogP contribution in [0.15, 0.2) is 82.3 Å². The van der Waals surface area contributed by atoms with E-state index in [0.717, 1.165) is 17.0 Å². The fourth-order valence-corrected chi connectivity index (χ4v) is 4.20. The minimum absolute atomic E-state index is 0.304. The van der Waals surface area contributed by atoms with Crippen molar-refractivity contribution in [2.24, 2.45) is 0 Å². The van der Waals surface area contributed by atoms with Crippen LogP contribution in [0, 0.1) is 0 Å². The fraction of sp³-hybridized carbons (Fsp3) is 0.130. The first-order valence-corrected chi connectivity index (χ1v) is 10.2. The molecule has 29 heavy (non-hydrogen) atoms. The smallest absolute Gasteiger partial charge is 0.272 e. The molecule has 0 N–H and O–H groups in total. The van der Waals surface area contributed by atoms with Crippen LogP contribution in [-0.2, 0) is 15.3 Å². The second-order valence-electron chi connectivity index (χ2n) is 6.80. The van der Waals surface area contributed by atoms with E-state index in [-0.39, 0.29) is 11.8 Å². The largest absolute Gasteiger partial charge is 0.468 e. The van der Waals surface area contributed by atoms with E-state index in [0.29, 0.717) is 21.9 Å². The number of thioether (sulfide) groups is 1. The maximum atomic E-state index is 13.4. The van der Waals surface area contributed by atoms with Gasteiger partial charge in [-0.3, -0.25) is 9.59 Å². The quantitative estimate of drug-likeness (QED) is 0.564. The van der Waals surface area contributed by atoms with Crippen LogP contribution in [0.2, 0.25) is 0 Å². The third-order valence-corrected chi connectivity index (χ3v) is 5.74. The van der Waals surface area contributed by atoms with E-state index >= 15 is 0 Å². The van der Waals surface area contributed by atoms with Gasteiger partial charge < -0.3 is 9.32 Å². The van der Waals surface area contributed by atoms with Gasteiger partial charge in [0, 0.05) is 19.8 Å². The molecule has 0 fully saturated rings. The van der Waals surface area contributed by atoms with Gasteiger partial charge in [0.2, 0.25) is 0 Å². The lowest BCUT2D eigenvalue weighted by Gasteiger charge is -2.19. The number of furan rings is 1. The van der Waals surface area contributed by atoms with Crippen molar-refractivity contribution in [3.63, 3.8) is 0 Å². The molecule has 1 aliphatic heterocycles. The molecule has 146 valence electrons. The molecule has 0 bridgehead atoms. The average molecular weight is 404 g/mol. The predicted octanol–water partition coefficient (Wildman–Crippen LogP) is 4.56. The maximum Gasteiger partial charge on any atom is 0.272 e. The van der Waals surface area contributed by atoms with Crippen LogP contribution in [0.5, 0.6) is 0 Å². The highest BCUT2D eigenvalue weighted by Gasteiger charge is 2.40. The van der Waals surface area contributed by atoms with Crippen LogP contribution >= 0.6 is 11.8 Å². The fourth-order valence-electron chi connectivity index (χ4n) is 3.19. The Morgan fingerprint density at radius 1 is 0.931 bits per heavy atom. The highest BCUT2D eigenvalue weighted by atomic mass is 32.2. The molecule has 2 amide bonds. The SMILES string of the molecule is CN(C)c1cccc(N2C(=O)C(SCc3ccco3)=C(c3ccccc3)C2=O)c1. The summed E-state index contributed by atoms with van der Waals surface area (Å²) in [7, 11) is 3.84. The van der Waals surface area contributed by atoms with Crippen molar-refractivity contribution in [3.8, 4) is 0 Å². The number of imide groups is 1. The highest BCUT2D eigenvalue weighted by Crippen LogP contribution is 2.40. The summed E-state index contributed by atoms with van der Waals surface area (Å²) in [4.78, 5) is 30.3. The second kappa shape index (κ2) is 8.01. The molecule has 0 atom stereocenters. The van der Waals surface area contributed by atoms with Crippen molar-refractivity contribution in [1.29, 1.82) is 0 Å². The normalized spacial score (nSPS) is 14.1. The Morgan fingerprint density at radius 3 is 2.41 bits per heavy atom. The topological polar surface area (TPSA) is 53.8 Å². The monoisotopic (exact) mass is 404 g/mol. The molecule has 0 saturated heterocycles. The van der Waals surface area contributed by atoms with Gasteiger partial charge in [-0.05, 0) is 35.9 Å². The molecule has 0 spiro atoms. The summed E-state index contributed by atoms with van der Waals surface area (Å²) in [6, 6.07) is 20.4.